The number of hydrogen-bond acceptors (Lipinski definition) is 2. The van der Waals surface area contributed by atoms with Gasteiger partial charge in [0, 0.05) is 31.0 Å². The third-order valence-corrected chi connectivity index (χ3v) is 5.91. The average Bonchev–Trinajstić information content (AvgIpc) is 3.22. The summed E-state index contributed by atoms with van der Waals surface area (Å²) < 4.78 is 43.1. The van der Waals surface area contributed by atoms with Crippen LogP contribution in [0.15, 0.2) is 54.7 Å². The van der Waals surface area contributed by atoms with Gasteiger partial charge in [-0.25, -0.2) is 18.0 Å². The summed E-state index contributed by atoms with van der Waals surface area (Å²) in [6.45, 7) is 0.817. The highest BCUT2D eigenvalue weighted by atomic mass is 19.1. The fourth-order valence-electron chi connectivity index (χ4n) is 4.38. The van der Waals surface area contributed by atoms with Crippen LogP contribution in [-0.2, 0) is 5.54 Å². The van der Waals surface area contributed by atoms with E-state index in [4.69, 9.17) is 0 Å². The molecule has 154 valence electrons. The first kappa shape index (κ1) is 18.6. The second-order valence-corrected chi connectivity index (χ2v) is 7.67. The zero-order valence-corrected chi connectivity index (χ0v) is 16.0. The molecule has 2 amide bonds. The number of hydrogen-bond donors (Lipinski definition) is 2. The van der Waals surface area contributed by atoms with E-state index in [2.05, 4.69) is 10.6 Å². The van der Waals surface area contributed by atoms with E-state index in [9.17, 15) is 18.0 Å². The highest BCUT2D eigenvalue weighted by Crippen LogP contribution is 2.43. The van der Waals surface area contributed by atoms with E-state index in [1.54, 1.807) is 11.0 Å². The van der Waals surface area contributed by atoms with Crippen molar-refractivity contribution in [2.75, 3.05) is 23.7 Å². The predicted molar refractivity (Wildman–Crippen MR) is 107 cm³/mol. The molecule has 5 rings (SSSR count). The summed E-state index contributed by atoms with van der Waals surface area (Å²) in [4.78, 5) is 14.2. The second kappa shape index (κ2) is 6.83. The van der Waals surface area contributed by atoms with Crippen molar-refractivity contribution in [3.05, 3.63) is 77.9 Å². The predicted octanol–water partition coefficient (Wildman–Crippen LogP) is 4.84. The van der Waals surface area contributed by atoms with Crippen molar-refractivity contribution in [1.29, 1.82) is 0 Å². The summed E-state index contributed by atoms with van der Waals surface area (Å²) in [5, 5.41) is 5.94. The first-order chi connectivity index (χ1) is 14.4. The Morgan fingerprint density at radius 1 is 1.00 bits per heavy atom. The van der Waals surface area contributed by atoms with Gasteiger partial charge in [-0.05, 0) is 55.3 Å². The molecule has 5 nitrogen and oxygen atoms in total. The summed E-state index contributed by atoms with van der Waals surface area (Å²) in [7, 11) is 0. The molecule has 2 aromatic carbocycles. The van der Waals surface area contributed by atoms with Crippen molar-refractivity contribution in [3.63, 3.8) is 0 Å². The largest absolute Gasteiger partial charge is 0.372 e. The number of halogens is 3. The maximum absolute atomic E-state index is 13.8. The third kappa shape index (κ3) is 2.99. The van der Waals surface area contributed by atoms with Crippen LogP contribution in [0.1, 0.15) is 18.5 Å². The van der Waals surface area contributed by atoms with Crippen molar-refractivity contribution in [1.82, 2.24) is 9.47 Å². The number of carbonyl (C=O) groups excluding carboxylic acids is 1. The summed E-state index contributed by atoms with van der Waals surface area (Å²) in [6, 6.07) is 11.1. The smallest absolute Gasteiger partial charge is 0.321 e. The molecule has 1 fully saturated rings. The van der Waals surface area contributed by atoms with Gasteiger partial charge in [0.15, 0.2) is 0 Å². The number of piperidine rings is 1. The van der Waals surface area contributed by atoms with Gasteiger partial charge >= 0.3 is 6.03 Å². The average molecular weight is 412 g/mol. The van der Waals surface area contributed by atoms with Gasteiger partial charge in [0.1, 0.15) is 17.5 Å². The maximum Gasteiger partial charge on any atom is 0.321 e. The van der Waals surface area contributed by atoms with E-state index in [0.29, 0.717) is 31.6 Å². The number of fused-ring (bicyclic) bond motifs is 4. The zero-order chi connectivity index (χ0) is 20.9. The van der Waals surface area contributed by atoms with Crippen LogP contribution in [0.25, 0.3) is 5.69 Å². The molecule has 1 saturated heterocycles. The van der Waals surface area contributed by atoms with E-state index in [1.165, 1.54) is 12.1 Å². The number of aromatic nitrogens is 1. The van der Waals surface area contributed by atoms with Crippen LogP contribution in [0.3, 0.4) is 0 Å². The quantitative estimate of drug-likeness (QED) is 0.601. The highest BCUT2D eigenvalue weighted by Gasteiger charge is 2.42. The number of nitrogens with zero attached hydrogens (tertiary/aromatic N) is 2. The zero-order valence-electron chi connectivity index (χ0n) is 16.0. The number of nitrogens with one attached hydrogen (secondary N) is 2. The fraction of sp³-hybridized carbons (Fsp3) is 0.227. The number of anilines is 2. The van der Waals surface area contributed by atoms with E-state index in [0.717, 1.165) is 29.6 Å². The lowest BCUT2D eigenvalue weighted by Crippen LogP contribution is -2.51. The SMILES string of the molecule is O=C(Nc1cc(F)ccc1F)N1CCC2(CC1)Nc1cc(F)ccc1-n1cccc12. The van der Waals surface area contributed by atoms with Gasteiger partial charge in [0.2, 0.25) is 0 Å². The lowest BCUT2D eigenvalue weighted by Gasteiger charge is -2.46. The number of urea groups is 1. The minimum Gasteiger partial charge on any atom is -0.372 e. The Morgan fingerprint density at radius 2 is 1.73 bits per heavy atom. The van der Waals surface area contributed by atoms with Gasteiger partial charge in [-0.1, -0.05) is 0 Å². The summed E-state index contributed by atoms with van der Waals surface area (Å²) >= 11 is 0. The van der Waals surface area contributed by atoms with E-state index in [1.807, 2.05) is 22.9 Å². The molecule has 0 radical (unpaired) electrons. The highest BCUT2D eigenvalue weighted by molar-refractivity contribution is 5.89. The fourth-order valence-corrected chi connectivity index (χ4v) is 4.38. The molecule has 3 heterocycles. The third-order valence-electron chi connectivity index (χ3n) is 5.91. The van der Waals surface area contributed by atoms with Gasteiger partial charge < -0.3 is 20.1 Å². The number of likely N-dealkylation sites (tertiary alicyclic amines) is 1. The van der Waals surface area contributed by atoms with E-state index in [-0.39, 0.29) is 11.5 Å². The molecule has 3 aromatic rings. The van der Waals surface area contributed by atoms with Gasteiger partial charge in [-0.3, -0.25) is 0 Å². The van der Waals surface area contributed by atoms with Gasteiger partial charge in [0.05, 0.1) is 22.6 Å². The van der Waals surface area contributed by atoms with Crippen LogP contribution in [0.5, 0.6) is 0 Å². The van der Waals surface area contributed by atoms with Crippen LogP contribution >= 0.6 is 0 Å². The Balaban J connectivity index is 1.35. The number of amides is 2. The maximum atomic E-state index is 13.8. The van der Waals surface area contributed by atoms with Gasteiger partial charge in [-0.2, -0.15) is 0 Å². The normalized spacial score (nSPS) is 16.6. The standard InChI is InChI=1S/C22H19F3N4O/c23-14-3-5-16(25)17(12-14)26-21(30)28-10-7-22(8-11-28)20-2-1-9-29(20)19-6-4-15(24)13-18(19)27-22/h1-6,9,12-13,27H,7-8,10-11H2,(H,26,30). The molecule has 1 spiro atoms. The van der Waals surface area contributed by atoms with E-state index >= 15 is 0 Å². The Kier molecular flexibility index (Phi) is 4.23. The van der Waals surface area contributed by atoms with Crippen LogP contribution in [-0.4, -0.2) is 28.6 Å². The van der Waals surface area contributed by atoms with Gasteiger partial charge in [0.25, 0.3) is 0 Å². The summed E-state index contributed by atoms with van der Waals surface area (Å²) in [5.41, 5.74) is 2.01. The lowest BCUT2D eigenvalue weighted by molar-refractivity contribution is 0.174. The molecule has 1 aromatic heterocycles. The molecule has 2 aliphatic rings. The van der Waals surface area contributed by atoms with Crippen molar-refractivity contribution >= 4 is 17.4 Å². The molecule has 0 atom stereocenters. The molecule has 2 N–H and O–H groups in total. The first-order valence-electron chi connectivity index (χ1n) is 9.72. The van der Waals surface area contributed by atoms with Crippen molar-refractivity contribution in [2.45, 2.75) is 18.4 Å². The lowest BCUT2D eigenvalue weighted by atomic mass is 9.82. The molecular weight excluding hydrogens is 393 g/mol. The molecule has 0 unspecified atom stereocenters. The molecule has 30 heavy (non-hydrogen) atoms. The minimum absolute atomic E-state index is 0.186. The molecular formula is C22H19F3N4O. The van der Waals surface area contributed by atoms with Crippen molar-refractivity contribution in [2.24, 2.45) is 0 Å². The monoisotopic (exact) mass is 412 g/mol. The molecule has 8 heteroatoms. The Hall–Kier alpha value is -3.42. The van der Waals surface area contributed by atoms with Gasteiger partial charge in [-0.15, -0.1) is 0 Å². The van der Waals surface area contributed by atoms with E-state index < -0.39 is 23.2 Å². The number of rotatable bonds is 1. The van der Waals surface area contributed by atoms with Crippen molar-refractivity contribution in [3.8, 4) is 5.69 Å². The second-order valence-electron chi connectivity index (χ2n) is 7.67. The Bertz CT molecular complexity index is 1140. The summed E-state index contributed by atoms with van der Waals surface area (Å²) in [6.07, 6.45) is 3.12. The van der Waals surface area contributed by atoms with Crippen LogP contribution in [0.4, 0.5) is 29.3 Å². The topological polar surface area (TPSA) is 49.3 Å². The molecule has 0 aliphatic carbocycles. The van der Waals surface area contributed by atoms with Crippen LogP contribution in [0.2, 0.25) is 0 Å². The Morgan fingerprint density at radius 3 is 2.53 bits per heavy atom. The van der Waals surface area contributed by atoms with Crippen LogP contribution < -0.4 is 10.6 Å². The Labute approximate surface area is 171 Å². The number of benzene rings is 2. The van der Waals surface area contributed by atoms with Crippen molar-refractivity contribution < 1.29 is 18.0 Å². The first-order valence-corrected chi connectivity index (χ1v) is 9.72. The molecule has 2 aliphatic heterocycles. The number of carbonyl (C=O) groups is 1. The van der Waals surface area contributed by atoms with Crippen LogP contribution in [0, 0.1) is 17.5 Å². The minimum atomic E-state index is -0.691. The molecule has 0 saturated carbocycles. The molecule has 0 bridgehead atoms. The summed E-state index contributed by atoms with van der Waals surface area (Å²) in [5.74, 6) is -1.63.